The van der Waals surface area contributed by atoms with Crippen LogP contribution in [0.1, 0.15) is 56.9 Å². The number of fused-ring (bicyclic) bond motifs is 3. The van der Waals surface area contributed by atoms with Gasteiger partial charge in [-0.2, -0.15) is 0 Å². The van der Waals surface area contributed by atoms with E-state index in [-0.39, 0.29) is 17.6 Å². The van der Waals surface area contributed by atoms with Gasteiger partial charge in [0.25, 0.3) is 5.91 Å². The molecule has 0 bridgehead atoms. The number of anilines is 1. The topological polar surface area (TPSA) is 85.0 Å². The molecule has 180 valence electrons. The van der Waals surface area contributed by atoms with E-state index in [1.54, 1.807) is 12.4 Å². The summed E-state index contributed by atoms with van der Waals surface area (Å²) in [4.78, 5) is 37.7. The zero-order valence-electron chi connectivity index (χ0n) is 20.5. The molecule has 2 aliphatic rings. The van der Waals surface area contributed by atoms with Gasteiger partial charge in [0.2, 0.25) is 0 Å². The molecule has 5 rings (SSSR count). The fourth-order valence-electron chi connectivity index (χ4n) is 4.52. The number of thioether (sulfide) groups is 1. The smallest absolute Gasteiger partial charge is 0.271 e. The van der Waals surface area contributed by atoms with Crippen molar-refractivity contribution >= 4 is 51.3 Å². The van der Waals surface area contributed by atoms with Crippen LogP contribution in [0.2, 0.25) is 0 Å². The molecule has 0 unspecified atom stereocenters. The van der Waals surface area contributed by atoms with Crippen molar-refractivity contribution in [1.29, 1.82) is 0 Å². The Morgan fingerprint density at radius 2 is 1.94 bits per heavy atom. The molecule has 0 radical (unpaired) electrons. The average molecular weight is 481 g/mol. The molecule has 0 aromatic carbocycles. The van der Waals surface area contributed by atoms with Gasteiger partial charge in [0.1, 0.15) is 16.9 Å². The summed E-state index contributed by atoms with van der Waals surface area (Å²) < 4.78 is 3.99. The lowest BCUT2D eigenvalue weighted by Crippen LogP contribution is -2.36. The highest BCUT2D eigenvalue weighted by molar-refractivity contribution is 8.02. The van der Waals surface area contributed by atoms with Crippen molar-refractivity contribution in [2.24, 2.45) is 13.0 Å². The quantitative estimate of drug-likeness (QED) is 0.452. The van der Waals surface area contributed by atoms with Crippen LogP contribution >= 0.6 is 11.8 Å². The van der Waals surface area contributed by atoms with Crippen LogP contribution in [0.4, 0.5) is 5.82 Å². The van der Waals surface area contributed by atoms with Gasteiger partial charge in [0, 0.05) is 43.1 Å². The summed E-state index contributed by atoms with van der Waals surface area (Å²) in [6.07, 6.45) is 9.74. The van der Waals surface area contributed by atoms with E-state index < -0.39 is 0 Å². The number of aryl methyl sites for hydroxylation is 2. The highest BCUT2D eigenvalue weighted by atomic mass is 32.2. The van der Waals surface area contributed by atoms with E-state index in [0.29, 0.717) is 30.1 Å². The van der Waals surface area contributed by atoms with Gasteiger partial charge in [-0.3, -0.25) is 9.59 Å². The van der Waals surface area contributed by atoms with Gasteiger partial charge in [-0.05, 0) is 44.9 Å². The second-order valence-corrected chi connectivity index (χ2v) is 10.4. The van der Waals surface area contributed by atoms with Gasteiger partial charge < -0.3 is 19.4 Å². The Balaban J connectivity index is 1.64. The van der Waals surface area contributed by atoms with E-state index in [2.05, 4.69) is 15.2 Å². The molecule has 3 heterocycles. The second kappa shape index (κ2) is 8.76. The number of ketones is 1. The largest absolute Gasteiger partial charge is 0.333 e. The number of aromatic nitrogens is 4. The highest BCUT2D eigenvalue weighted by Crippen LogP contribution is 2.39. The number of hydrogen-bond donors (Lipinski definition) is 1. The van der Waals surface area contributed by atoms with Gasteiger partial charge >= 0.3 is 0 Å². The predicted molar refractivity (Wildman–Crippen MR) is 137 cm³/mol. The summed E-state index contributed by atoms with van der Waals surface area (Å²) in [5.74, 6) is 0.677. The number of nitrogens with zero attached hydrogens (tertiary/aromatic N) is 5. The van der Waals surface area contributed by atoms with Gasteiger partial charge in [-0.15, -0.1) is 11.8 Å². The Morgan fingerprint density at radius 3 is 2.50 bits per heavy atom. The first kappa shape index (κ1) is 23.0. The van der Waals surface area contributed by atoms with Crippen molar-refractivity contribution in [1.82, 2.24) is 24.0 Å². The Labute approximate surface area is 203 Å². The molecule has 34 heavy (non-hydrogen) atoms. The Morgan fingerprint density at radius 1 is 1.26 bits per heavy atom. The molecule has 0 saturated heterocycles. The van der Waals surface area contributed by atoms with E-state index in [1.165, 1.54) is 11.8 Å². The lowest BCUT2D eigenvalue weighted by Gasteiger charge is -2.22. The minimum absolute atomic E-state index is 0.0558. The number of nitrogens with one attached hydrogen (secondary N) is 1. The van der Waals surface area contributed by atoms with Crippen LogP contribution in [0.25, 0.3) is 22.1 Å². The van der Waals surface area contributed by atoms with E-state index in [9.17, 15) is 9.59 Å². The molecule has 0 atom stereocenters. The third-order valence-electron chi connectivity index (χ3n) is 6.66. The maximum atomic E-state index is 13.7. The SMILES string of the molecule is CCn1c(C(=O)N(C2CC2)C2CC2)cc2c3c(ncn3C)c(NC(=CC(=O)C(C)C)SC)nc21. The second-order valence-electron chi connectivity index (χ2n) is 9.59. The number of carbonyl (C=O) groups excluding carboxylic acids is 2. The molecule has 8 nitrogen and oxygen atoms in total. The van der Waals surface area contributed by atoms with Crippen LogP contribution in [0.3, 0.4) is 0 Å². The molecule has 3 aromatic rings. The molecule has 3 aromatic heterocycles. The first-order valence-corrected chi connectivity index (χ1v) is 13.3. The summed E-state index contributed by atoms with van der Waals surface area (Å²) in [5, 5.41) is 4.98. The van der Waals surface area contributed by atoms with Crippen LogP contribution in [-0.2, 0) is 18.4 Å². The maximum Gasteiger partial charge on any atom is 0.271 e. The van der Waals surface area contributed by atoms with Crippen molar-refractivity contribution in [2.45, 2.75) is 65.1 Å². The normalized spacial score (nSPS) is 16.6. The molecule has 9 heteroatoms. The number of carbonyl (C=O) groups is 2. The van der Waals surface area contributed by atoms with Crippen LogP contribution in [-0.4, -0.2) is 54.0 Å². The number of imidazole rings is 1. The van der Waals surface area contributed by atoms with Crippen LogP contribution < -0.4 is 5.32 Å². The van der Waals surface area contributed by atoms with Crippen molar-refractivity contribution < 1.29 is 9.59 Å². The van der Waals surface area contributed by atoms with Crippen molar-refractivity contribution in [3.05, 3.63) is 29.2 Å². The first-order valence-electron chi connectivity index (χ1n) is 12.1. The van der Waals surface area contributed by atoms with E-state index in [1.807, 2.05) is 49.3 Å². The molecule has 2 saturated carbocycles. The van der Waals surface area contributed by atoms with E-state index in [4.69, 9.17) is 4.98 Å². The van der Waals surface area contributed by atoms with Gasteiger partial charge in [0.05, 0.1) is 16.9 Å². The molecule has 1 N–H and O–H groups in total. The Kier molecular flexibility index (Phi) is 5.91. The lowest BCUT2D eigenvalue weighted by molar-refractivity contribution is -0.117. The fraction of sp³-hybridized carbons (Fsp3) is 0.520. The summed E-state index contributed by atoms with van der Waals surface area (Å²) in [6, 6.07) is 2.77. The van der Waals surface area contributed by atoms with Crippen molar-refractivity contribution in [2.75, 3.05) is 11.6 Å². The van der Waals surface area contributed by atoms with Crippen molar-refractivity contribution in [3.63, 3.8) is 0 Å². The molecular formula is C25H32N6O2S. The molecular weight excluding hydrogens is 448 g/mol. The minimum atomic E-state index is -0.0824. The highest BCUT2D eigenvalue weighted by Gasteiger charge is 2.43. The van der Waals surface area contributed by atoms with Gasteiger partial charge in [0.15, 0.2) is 11.6 Å². The molecule has 2 fully saturated rings. The molecule has 1 amide bonds. The van der Waals surface area contributed by atoms with Gasteiger partial charge in [-0.1, -0.05) is 13.8 Å². The summed E-state index contributed by atoms with van der Waals surface area (Å²) in [6.45, 7) is 6.46. The number of pyridine rings is 1. The van der Waals surface area contributed by atoms with Crippen LogP contribution in [0, 0.1) is 5.92 Å². The van der Waals surface area contributed by atoms with Crippen molar-refractivity contribution in [3.8, 4) is 0 Å². The Bertz CT molecular complexity index is 1300. The third-order valence-corrected chi connectivity index (χ3v) is 7.32. The van der Waals surface area contributed by atoms with Crippen LogP contribution in [0.15, 0.2) is 23.5 Å². The zero-order chi connectivity index (χ0) is 24.1. The monoisotopic (exact) mass is 480 g/mol. The maximum absolute atomic E-state index is 13.7. The fourth-order valence-corrected chi connectivity index (χ4v) is 4.96. The number of hydrogen-bond acceptors (Lipinski definition) is 6. The standard InChI is InChI=1S/C25H32N6O2S/c1-6-30-18(25(33)31(15-7-8-15)16-9-10-16)11-17-22-21(26-13-29(22)4)23(28-24(17)30)27-20(34-5)12-19(32)14(2)3/h11-16H,6-10H2,1-5H3,(H,27,28). The van der Waals surface area contributed by atoms with Crippen LogP contribution in [0.5, 0.6) is 0 Å². The molecule has 0 aliphatic heterocycles. The summed E-state index contributed by atoms with van der Waals surface area (Å²) >= 11 is 1.46. The van der Waals surface area contributed by atoms with Gasteiger partial charge in [-0.25, -0.2) is 9.97 Å². The third kappa shape index (κ3) is 4.00. The number of amides is 1. The minimum Gasteiger partial charge on any atom is -0.333 e. The lowest BCUT2D eigenvalue weighted by atomic mass is 10.1. The summed E-state index contributed by atoms with van der Waals surface area (Å²) in [5.41, 5.74) is 3.10. The number of rotatable bonds is 9. The first-order chi connectivity index (χ1) is 16.3. The number of allylic oxidation sites excluding steroid dienone is 1. The molecule has 0 spiro atoms. The predicted octanol–water partition coefficient (Wildman–Crippen LogP) is 4.55. The summed E-state index contributed by atoms with van der Waals surface area (Å²) in [7, 11) is 1.96. The molecule has 2 aliphatic carbocycles. The van der Waals surface area contributed by atoms with E-state index >= 15 is 0 Å². The van der Waals surface area contributed by atoms with E-state index in [0.717, 1.165) is 52.8 Å². The average Bonchev–Trinajstić information content (AvgIpc) is 3.74. The zero-order valence-corrected chi connectivity index (χ0v) is 21.3. The Hall–Kier alpha value is -2.81.